The second-order valence-electron chi connectivity index (χ2n) is 4.99. The first-order chi connectivity index (χ1) is 7.86. The van der Waals surface area contributed by atoms with E-state index in [4.69, 9.17) is 0 Å². The molecule has 0 heterocycles. The van der Waals surface area contributed by atoms with Gasteiger partial charge in [0.25, 0.3) is 0 Å². The standard InChI is InChI=1S/C14H22N2O/c1-10-6-7-11(2)12(8-10)9-16-13(17)14(3,4)15-5/h6-8,15H,9H2,1-5H3,(H,16,17). The van der Waals surface area contributed by atoms with Gasteiger partial charge in [-0.15, -0.1) is 0 Å². The van der Waals surface area contributed by atoms with Crippen molar-refractivity contribution in [3.05, 3.63) is 34.9 Å². The fraction of sp³-hybridized carbons (Fsp3) is 0.500. The summed E-state index contributed by atoms with van der Waals surface area (Å²) in [6.45, 7) is 8.43. The van der Waals surface area contributed by atoms with Crippen molar-refractivity contribution in [1.82, 2.24) is 10.6 Å². The number of hydrogen-bond donors (Lipinski definition) is 2. The monoisotopic (exact) mass is 234 g/mol. The van der Waals surface area contributed by atoms with E-state index in [1.165, 1.54) is 16.7 Å². The van der Waals surface area contributed by atoms with Crippen molar-refractivity contribution in [2.24, 2.45) is 0 Å². The van der Waals surface area contributed by atoms with E-state index in [0.29, 0.717) is 6.54 Å². The van der Waals surface area contributed by atoms with Crippen LogP contribution in [0.15, 0.2) is 18.2 Å². The minimum absolute atomic E-state index is 0.0147. The van der Waals surface area contributed by atoms with Crippen LogP contribution in [-0.4, -0.2) is 18.5 Å². The first-order valence-corrected chi connectivity index (χ1v) is 5.90. The zero-order chi connectivity index (χ0) is 13.1. The number of carbonyl (C=O) groups excluding carboxylic acids is 1. The number of carbonyl (C=O) groups is 1. The molecule has 0 atom stereocenters. The lowest BCUT2D eigenvalue weighted by atomic mass is 10.0. The highest BCUT2D eigenvalue weighted by atomic mass is 16.2. The summed E-state index contributed by atoms with van der Waals surface area (Å²) in [5.41, 5.74) is 3.06. The second-order valence-corrected chi connectivity index (χ2v) is 4.99. The summed E-state index contributed by atoms with van der Waals surface area (Å²) in [7, 11) is 1.79. The lowest BCUT2D eigenvalue weighted by molar-refractivity contribution is -0.126. The van der Waals surface area contributed by atoms with Gasteiger partial charge in [0, 0.05) is 6.54 Å². The Morgan fingerprint density at radius 1 is 1.29 bits per heavy atom. The Hall–Kier alpha value is -1.35. The zero-order valence-corrected chi connectivity index (χ0v) is 11.3. The van der Waals surface area contributed by atoms with Gasteiger partial charge in [-0.3, -0.25) is 4.79 Å². The number of hydrogen-bond acceptors (Lipinski definition) is 2. The Morgan fingerprint density at radius 2 is 1.94 bits per heavy atom. The Labute approximate surface area is 104 Å². The SMILES string of the molecule is CNC(C)(C)C(=O)NCc1cc(C)ccc1C. The third kappa shape index (κ3) is 3.56. The molecular formula is C14H22N2O. The molecule has 0 aliphatic rings. The molecule has 94 valence electrons. The van der Waals surface area contributed by atoms with Crippen molar-refractivity contribution < 1.29 is 4.79 Å². The molecular weight excluding hydrogens is 212 g/mol. The van der Waals surface area contributed by atoms with Crippen LogP contribution in [0.2, 0.25) is 0 Å². The van der Waals surface area contributed by atoms with Crippen LogP contribution in [-0.2, 0) is 11.3 Å². The van der Waals surface area contributed by atoms with E-state index in [-0.39, 0.29) is 5.91 Å². The summed E-state index contributed by atoms with van der Waals surface area (Å²) >= 11 is 0. The molecule has 0 fully saturated rings. The minimum atomic E-state index is -0.530. The van der Waals surface area contributed by atoms with Gasteiger partial charge in [-0.2, -0.15) is 0 Å². The van der Waals surface area contributed by atoms with E-state index in [2.05, 4.69) is 42.7 Å². The van der Waals surface area contributed by atoms with Gasteiger partial charge in [0.1, 0.15) is 0 Å². The third-order valence-corrected chi connectivity index (χ3v) is 3.14. The van der Waals surface area contributed by atoms with Gasteiger partial charge < -0.3 is 10.6 Å². The van der Waals surface area contributed by atoms with Crippen LogP contribution in [0.1, 0.15) is 30.5 Å². The molecule has 0 aliphatic carbocycles. The molecule has 0 saturated heterocycles. The first kappa shape index (κ1) is 13.7. The second kappa shape index (κ2) is 5.32. The van der Waals surface area contributed by atoms with Crippen LogP contribution in [0, 0.1) is 13.8 Å². The molecule has 0 aromatic heterocycles. The van der Waals surface area contributed by atoms with E-state index >= 15 is 0 Å². The van der Waals surface area contributed by atoms with Crippen LogP contribution in [0.3, 0.4) is 0 Å². The molecule has 1 aromatic carbocycles. The molecule has 0 unspecified atom stereocenters. The Kier molecular flexibility index (Phi) is 4.29. The topological polar surface area (TPSA) is 41.1 Å². The number of nitrogens with one attached hydrogen (secondary N) is 2. The first-order valence-electron chi connectivity index (χ1n) is 5.90. The Bertz CT molecular complexity index is 411. The fourth-order valence-corrected chi connectivity index (χ4v) is 1.50. The van der Waals surface area contributed by atoms with Gasteiger partial charge in [0.05, 0.1) is 5.54 Å². The summed E-state index contributed by atoms with van der Waals surface area (Å²) in [5, 5.41) is 5.95. The van der Waals surface area contributed by atoms with Gasteiger partial charge in [0.15, 0.2) is 0 Å². The lowest BCUT2D eigenvalue weighted by Crippen LogP contribution is -2.50. The molecule has 3 heteroatoms. The molecule has 17 heavy (non-hydrogen) atoms. The van der Waals surface area contributed by atoms with E-state index in [0.717, 1.165) is 0 Å². The molecule has 1 rings (SSSR count). The maximum atomic E-state index is 11.9. The average molecular weight is 234 g/mol. The summed E-state index contributed by atoms with van der Waals surface area (Å²) in [6.07, 6.45) is 0. The highest BCUT2D eigenvalue weighted by Gasteiger charge is 2.24. The highest BCUT2D eigenvalue weighted by molar-refractivity contribution is 5.85. The van der Waals surface area contributed by atoms with Crippen molar-refractivity contribution in [2.45, 2.75) is 39.8 Å². The van der Waals surface area contributed by atoms with Crippen LogP contribution < -0.4 is 10.6 Å². The van der Waals surface area contributed by atoms with Crippen LogP contribution in [0.5, 0.6) is 0 Å². The molecule has 0 bridgehead atoms. The van der Waals surface area contributed by atoms with Crippen LogP contribution in [0.25, 0.3) is 0 Å². The average Bonchev–Trinajstić information content (AvgIpc) is 2.29. The van der Waals surface area contributed by atoms with E-state index in [1.54, 1.807) is 7.05 Å². The maximum Gasteiger partial charge on any atom is 0.239 e. The lowest BCUT2D eigenvalue weighted by Gasteiger charge is -2.23. The van der Waals surface area contributed by atoms with Gasteiger partial charge >= 0.3 is 0 Å². The number of aryl methyl sites for hydroxylation is 2. The van der Waals surface area contributed by atoms with Crippen molar-refractivity contribution in [3.63, 3.8) is 0 Å². The molecule has 2 N–H and O–H groups in total. The van der Waals surface area contributed by atoms with E-state index in [1.807, 2.05) is 13.8 Å². The number of amides is 1. The van der Waals surface area contributed by atoms with Gasteiger partial charge in [-0.25, -0.2) is 0 Å². The molecule has 0 aliphatic heterocycles. The molecule has 1 aromatic rings. The molecule has 1 amide bonds. The predicted octanol–water partition coefficient (Wildman–Crippen LogP) is 1.92. The molecule has 0 saturated carbocycles. The highest BCUT2D eigenvalue weighted by Crippen LogP contribution is 2.11. The number of benzene rings is 1. The normalized spacial score (nSPS) is 11.4. The van der Waals surface area contributed by atoms with Gasteiger partial charge in [-0.1, -0.05) is 23.8 Å². The van der Waals surface area contributed by atoms with Crippen LogP contribution >= 0.6 is 0 Å². The zero-order valence-electron chi connectivity index (χ0n) is 11.3. The van der Waals surface area contributed by atoms with Crippen LogP contribution in [0.4, 0.5) is 0 Å². The fourth-order valence-electron chi connectivity index (χ4n) is 1.50. The molecule has 0 spiro atoms. The van der Waals surface area contributed by atoms with Crippen molar-refractivity contribution in [2.75, 3.05) is 7.05 Å². The van der Waals surface area contributed by atoms with Crippen molar-refractivity contribution >= 4 is 5.91 Å². The summed E-state index contributed by atoms with van der Waals surface area (Å²) in [4.78, 5) is 11.9. The van der Waals surface area contributed by atoms with E-state index in [9.17, 15) is 4.79 Å². The quantitative estimate of drug-likeness (QED) is 0.835. The number of likely N-dealkylation sites (N-methyl/N-ethyl adjacent to an activating group) is 1. The van der Waals surface area contributed by atoms with E-state index < -0.39 is 5.54 Å². The Balaban J connectivity index is 2.68. The summed E-state index contributed by atoms with van der Waals surface area (Å²) in [5.74, 6) is 0.0147. The van der Waals surface area contributed by atoms with Crippen molar-refractivity contribution in [3.8, 4) is 0 Å². The largest absolute Gasteiger partial charge is 0.350 e. The minimum Gasteiger partial charge on any atom is -0.350 e. The van der Waals surface area contributed by atoms with Crippen molar-refractivity contribution in [1.29, 1.82) is 0 Å². The molecule has 3 nitrogen and oxygen atoms in total. The smallest absolute Gasteiger partial charge is 0.239 e. The third-order valence-electron chi connectivity index (χ3n) is 3.14. The predicted molar refractivity (Wildman–Crippen MR) is 70.9 cm³/mol. The number of rotatable bonds is 4. The summed E-state index contributed by atoms with van der Waals surface area (Å²) in [6, 6.07) is 6.28. The summed E-state index contributed by atoms with van der Waals surface area (Å²) < 4.78 is 0. The molecule has 0 radical (unpaired) electrons. The Morgan fingerprint density at radius 3 is 2.53 bits per heavy atom. The maximum absolute atomic E-state index is 11.9. The van der Waals surface area contributed by atoms with Gasteiger partial charge in [0.2, 0.25) is 5.91 Å². The van der Waals surface area contributed by atoms with Gasteiger partial charge in [-0.05, 0) is 45.9 Å².